The molecule has 0 aromatic heterocycles. The Morgan fingerprint density at radius 1 is 1.29 bits per heavy atom. The van der Waals surface area contributed by atoms with Crippen LogP contribution in [0.1, 0.15) is 74.1 Å². The molecule has 1 aliphatic carbocycles. The first kappa shape index (κ1) is 35.1. The monoisotopic (exact) mass is 548 g/mol. The molecule has 0 radical (unpaired) electrons. The summed E-state index contributed by atoms with van der Waals surface area (Å²) >= 11 is 5.94. The van der Waals surface area contributed by atoms with Gasteiger partial charge in [-0.25, -0.2) is 9.79 Å². The van der Waals surface area contributed by atoms with Gasteiger partial charge in [-0.05, 0) is 60.0 Å². The molecular weight excluding hydrogens is 504 g/mol. The summed E-state index contributed by atoms with van der Waals surface area (Å²) in [5.74, 6) is 0.287. The molecule has 1 saturated carbocycles. The van der Waals surface area contributed by atoms with Crippen LogP contribution in [0.3, 0.4) is 0 Å². The van der Waals surface area contributed by atoms with Gasteiger partial charge in [0.2, 0.25) is 5.90 Å². The predicted molar refractivity (Wildman–Crippen MR) is 155 cm³/mol. The van der Waals surface area contributed by atoms with E-state index in [4.69, 9.17) is 36.5 Å². The third kappa shape index (κ3) is 11.2. The maximum Gasteiger partial charge on any atom is 0.410 e. The van der Waals surface area contributed by atoms with E-state index in [0.29, 0.717) is 17.3 Å². The van der Waals surface area contributed by atoms with Gasteiger partial charge in [-0.2, -0.15) is 5.26 Å². The van der Waals surface area contributed by atoms with E-state index in [1.807, 2.05) is 45.6 Å². The summed E-state index contributed by atoms with van der Waals surface area (Å²) in [7, 11) is 1.79. The number of hydrogen-bond donors (Lipinski definition) is 1. The number of hydrogen-bond acceptors (Lipinski definition) is 6. The molecule has 1 spiro atoms. The van der Waals surface area contributed by atoms with Crippen molar-refractivity contribution in [2.24, 2.45) is 10.4 Å². The van der Waals surface area contributed by atoms with Gasteiger partial charge >= 0.3 is 6.09 Å². The minimum Gasteiger partial charge on any atom is -0.444 e. The molecule has 1 N–H and O–H groups in total. The van der Waals surface area contributed by atoms with E-state index in [1.54, 1.807) is 27.0 Å². The molecule has 2 fully saturated rings. The zero-order valence-corrected chi connectivity index (χ0v) is 25.1. The van der Waals surface area contributed by atoms with Crippen LogP contribution >= 0.6 is 11.6 Å². The molecular formula is C29H45ClN4O4. The fourth-order valence-corrected chi connectivity index (χ4v) is 4.10. The van der Waals surface area contributed by atoms with Crippen molar-refractivity contribution in [1.29, 1.82) is 10.7 Å². The van der Waals surface area contributed by atoms with Gasteiger partial charge in [0.25, 0.3) is 0 Å². The molecule has 0 aromatic rings. The minimum atomic E-state index is -0.415. The van der Waals surface area contributed by atoms with Crippen molar-refractivity contribution in [1.82, 2.24) is 4.90 Å². The van der Waals surface area contributed by atoms with Crippen LogP contribution in [0, 0.1) is 22.2 Å². The number of nitrogens with zero attached hydrogens (tertiary/aromatic N) is 3. The summed E-state index contributed by atoms with van der Waals surface area (Å²) in [6, 6.07) is 1.96. The first-order valence-electron chi connectivity index (χ1n) is 12.9. The van der Waals surface area contributed by atoms with Crippen LogP contribution in [-0.4, -0.2) is 55.1 Å². The maximum atomic E-state index is 12.1. The molecule has 1 amide bonds. The lowest BCUT2D eigenvalue weighted by atomic mass is 9.62. The Balaban J connectivity index is 0.000000676. The zero-order valence-electron chi connectivity index (χ0n) is 24.3. The first-order chi connectivity index (χ1) is 17.8. The first-order valence-corrected chi connectivity index (χ1v) is 13.2. The number of piperidine rings is 1. The van der Waals surface area contributed by atoms with Gasteiger partial charge in [0.15, 0.2) is 0 Å². The van der Waals surface area contributed by atoms with Crippen LogP contribution in [0.5, 0.6) is 0 Å². The summed E-state index contributed by atoms with van der Waals surface area (Å²) in [5, 5.41) is 15.8. The average molecular weight is 549 g/mol. The van der Waals surface area contributed by atoms with E-state index in [1.165, 1.54) is 25.3 Å². The molecule has 38 heavy (non-hydrogen) atoms. The van der Waals surface area contributed by atoms with Crippen molar-refractivity contribution in [3.05, 3.63) is 47.2 Å². The highest BCUT2D eigenvalue weighted by atomic mass is 35.5. The fraction of sp³-hybridized carbons (Fsp3) is 0.586. The smallest absolute Gasteiger partial charge is 0.410 e. The van der Waals surface area contributed by atoms with Crippen molar-refractivity contribution < 1.29 is 19.0 Å². The molecule has 1 heterocycles. The van der Waals surface area contributed by atoms with Crippen LogP contribution in [-0.2, 0) is 14.2 Å². The lowest BCUT2D eigenvalue weighted by Gasteiger charge is -2.52. The lowest BCUT2D eigenvalue weighted by Crippen LogP contribution is -2.57. The number of likely N-dealkylation sites (tertiary alicyclic amines) is 1. The summed E-state index contributed by atoms with van der Waals surface area (Å²) in [6.07, 6.45) is 8.54. The Kier molecular flexibility index (Phi) is 15.6. The molecule has 8 nitrogen and oxygen atoms in total. The highest BCUT2D eigenvalue weighted by Gasteiger charge is 2.49. The van der Waals surface area contributed by atoms with Crippen molar-refractivity contribution in [2.45, 2.75) is 85.9 Å². The number of carbonyl (C=O) groups excluding carboxylic acids is 1. The molecule has 1 aliphatic heterocycles. The number of methoxy groups -OCH3 is 1. The number of ether oxygens (including phenoxy) is 3. The largest absolute Gasteiger partial charge is 0.444 e. The molecule has 1 atom stereocenters. The Morgan fingerprint density at radius 2 is 1.89 bits per heavy atom. The number of nitriles is 1. The van der Waals surface area contributed by atoms with E-state index >= 15 is 0 Å². The van der Waals surface area contributed by atoms with Crippen molar-refractivity contribution in [3.63, 3.8) is 0 Å². The van der Waals surface area contributed by atoms with Crippen molar-refractivity contribution in [2.75, 3.05) is 20.2 Å². The average Bonchev–Trinajstić information content (AvgIpc) is 2.85. The predicted octanol–water partition coefficient (Wildman–Crippen LogP) is 7.53. The highest BCUT2D eigenvalue weighted by molar-refractivity contribution is 6.32. The Bertz CT molecular complexity index is 966. The molecule has 0 bridgehead atoms. The molecule has 9 heteroatoms. The van der Waals surface area contributed by atoms with E-state index < -0.39 is 5.60 Å². The topological polar surface area (TPSA) is 108 Å². The van der Waals surface area contributed by atoms with Gasteiger partial charge in [0, 0.05) is 36.8 Å². The van der Waals surface area contributed by atoms with Crippen molar-refractivity contribution in [3.8, 4) is 6.07 Å². The lowest BCUT2D eigenvalue weighted by molar-refractivity contribution is -0.109. The van der Waals surface area contributed by atoms with Crippen LogP contribution in [0.25, 0.3) is 0 Å². The number of allylic oxidation sites excluding steroid dienone is 4. The van der Waals surface area contributed by atoms with E-state index in [0.717, 1.165) is 25.8 Å². The fourth-order valence-electron chi connectivity index (χ4n) is 3.95. The molecule has 1 saturated heterocycles. The van der Waals surface area contributed by atoms with Crippen LogP contribution in [0.4, 0.5) is 4.79 Å². The van der Waals surface area contributed by atoms with Gasteiger partial charge in [-0.3, -0.25) is 5.41 Å². The second-order valence-corrected chi connectivity index (χ2v) is 10.3. The van der Waals surface area contributed by atoms with Crippen LogP contribution < -0.4 is 0 Å². The number of nitrogens with one attached hydrogen (secondary N) is 1. The van der Waals surface area contributed by atoms with Crippen LogP contribution in [0.2, 0.25) is 0 Å². The highest BCUT2D eigenvalue weighted by Crippen LogP contribution is 2.48. The summed E-state index contributed by atoms with van der Waals surface area (Å²) in [5.41, 5.74) is 0.715. The second kappa shape index (κ2) is 16.8. The number of carbonyl (C=O) groups is 1. The normalized spacial score (nSPS) is 18.9. The zero-order chi connectivity index (χ0) is 29.5. The van der Waals surface area contributed by atoms with Gasteiger partial charge in [0.1, 0.15) is 17.7 Å². The molecule has 0 aromatic carbocycles. The van der Waals surface area contributed by atoms with Gasteiger partial charge < -0.3 is 19.1 Å². The van der Waals surface area contributed by atoms with E-state index in [9.17, 15) is 4.79 Å². The third-order valence-electron chi connectivity index (χ3n) is 5.89. The number of halogens is 1. The van der Waals surface area contributed by atoms with Crippen LogP contribution in [0.15, 0.2) is 52.2 Å². The SMILES string of the molecule is C=C(C)C(=NC=N)OC(=C)/C(Cl)=C\C(C#N)=C/C.CC.COC1CCN(C(=O)OC(C)(C)C)CC12CCC2. The molecule has 1 unspecified atom stereocenters. The van der Waals surface area contributed by atoms with Gasteiger partial charge in [-0.15, -0.1) is 0 Å². The minimum absolute atomic E-state index is 0.134. The van der Waals surface area contributed by atoms with E-state index in [2.05, 4.69) is 18.2 Å². The molecule has 2 aliphatic rings. The number of rotatable bonds is 6. The third-order valence-corrected chi connectivity index (χ3v) is 6.21. The van der Waals surface area contributed by atoms with Gasteiger partial charge in [0.05, 0.1) is 17.2 Å². The second-order valence-electron chi connectivity index (χ2n) is 9.85. The number of amides is 1. The summed E-state index contributed by atoms with van der Waals surface area (Å²) < 4.78 is 16.3. The number of aliphatic imine (C=N–C) groups is 1. The van der Waals surface area contributed by atoms with Crippen molar-refractivity contribution >= 4 is 29.9 Å². The maximum absolute atomic E-state index is 12.1. The summed E-state index contributed by atoms with van der Waals surface area (Å²) in [6.45, 7) is 21.9. The molecule has 2 rings (SSSR count). The quantitative estimate of drug-likeness (QED) is 0.121. The van der Waals surface area contributed by atoms with Gasteiger partial charge in [-0.1, -0.05) is 51.1 Å². The standard InChI is InChI=1S/C14H25NO3.C13H14ClN3O.C2H6/c1-13(2,3)18-12(16)15-9-6-11(17-4)14(10-15)7-5-8-14;1-5-11(7-15)6-12(14)10(4)18-13(9(2)3)17-8-16;1-2/h11H,5-10H2,1-4H3;5-6,8,16H,2,4H2,1,3H3;1-2H3/b;11-5+,12-6+,16-8?,17-13?;. The Hall–Kier alpha value is -2.89. The summed E-state index contributed by atoms with van der Waals surface area (Å²) in [4.78, 5) is 17.6. The molecule has 212 valence electrons. The van der Waals surface area contributed by atoms with E-state index in [-0.39, 0.29) is 28.2 Å². The Morgan fingerprint density at radius 3 is 2.29 bits per heavy atom. The Labute approximate surface area is 234 Å².